The van der Waals surface area contributed by atoms with Crippen molar-refractivity contribution in [1.82, 2.24) is 15.0 Å². The summed E-state index contributed by atoms with van der Waals surface area (Å²) in [5.74, 6) is -1.43. The molecule has 0 saturated heterocycles. The number of carbonyl (C=O) groups excluding carboxylic acids is 2. The summed E-state index contributed by atoms with van der Waals surface area (Å²) in [5, 5.41) is 3.74. The molecule has 0 fully saturated rings. The van der Waals surface area contributed by atoms with Crippen molar-refractivity contribution in [1.29, 1.82) is 0 Å². The van der Waals surface area contributed by atoms with Gasteiger partial charge in [0.1, 0.15) is 17.3 Å². The maximum atomic E-state index is 13.3. The number of fused-ring (bicyclic) bond motifs is 1. The fraction of sp³-hybridized carbons (Fsp3) is 0.130. The normalized spacial score (nSPS) is 11.1. The van der Waals surface area contributed by atoms with Crippen molar-refractivity contribution < 1.29 is 14.0 Å². The predicted molar refractivity (Wildman–Crippen MR) is 117 cm³/mol. The van der Waals surface area contributed by atoms with Crippen molar-refractivity contribution in [2.45, 2.75) is 19.8 Å². The smallest absolute Gasteiger partial charge is 0.289 e. The highest BCUT2D eigenvalue weighted by Crippen LogP contribution is 2.32. The van der Waals surface area contributed by atoms with Crippen molar-refractivity contribution >= 4 is 34.2 Å². The number of halogens is 1. The summed E-state index contributed by atoms with van der Waals surface area (Å²) in [6, 6.07) is 11.6. The third-order valence-corrected chi connectivity index (χ3v) is 4.98. The molecule has 0 aliphatic heterocycles. The highest BCUT2D eigenvalue weighted by molar-refractivity contribution is 6.44. The number of ketones is 1. The van der Waals surface area contributed by atoms with Crippen LogP contribution in [0.3, 0.4) is 0 Å². The fourth-order valence-corrected chi connectivity index (χ4v) is 3.42. The molecule has 8 heteroatoms. The van der Waals surface area contributed by atoms with Gasteiger partial charge in [0.2, 0.25) is 0 Å². The lowest BCUT2D eigenvalue weighted by molar-refractivity contribution is -0.114. The van der Waals surface area contributed by atoms with Gasteiger partial charge in [0.15, 0.2) is 0 Å². The van der Waals surface area contributed by atoms with Crippen LogP contribution in [0, 0.1) is 5.82 Å². The van der Waals surface area contributed by atoms with Gasteiger partial charge in [-0.05, 0) is 47.9 Å². The predicted octanol–water partition coefficient (Wildman–Crippen LogP) is 4.30. The highest BCUT2D eigenvalue weighted by Gasteiger charge is 2.21. The molecular formula is C23H20FN5O2. The summed E-state index contributed by atoms with van der Waals surface area (Å²) in [4.78, 5) is 35.6. The first-order valence-electron chi connectivity index (χ1n) is 9.69. The summed E-state index contributed by atoms with van der Waals surface area (Å²) in [7, 11) is 0. The number of nitrogens with zero attached hydrogens (tertiary/aromatic N) is 2. The molecule has 3 heterocycles. The minimum absolute atomic E-state index is 0.138. The van der Waals surface area contributed by atoms with Crippen LogP contribution >= 0.6 is 0 Å². The number of nitrogens with one attached hydrogen (secondary N) is 2. The van der Waals surface area contributed by atoms with Crippen LogP contribution in [-0.4, -0.2) is 26.6 Å². The lowest BCUT2D eigenvalue weighted by atomic mass is 10.0. The van der Waals surface area contributed by atoms with E-state index < -0.39 is 11.7 Å². The van der Waals surface area contributed by atoms with Gasteiger partial charge in [-0.1, -0.05) is 19.9 Å². The van der Waals surface area contributed by atoms with Gasteiger partial charge in [-0.2, -0.15) is 0 Å². The van der Waals surface area contributed by atoms with E-state index in [4.69, 9.17) is 10.7 Å². The Morgan fingerprint density at radius 3 is 2.52 bits per heavy atom. The Kier molecular flexibility index (Phi) is 5.21. The fourth-order valence-electron chi connectivity index (χ4n) is 3.42. The molecule has 1 aromatic carbocycles. The zero-order valence-corrected chi connectivity index (χ0v) is 16.9. The molecule has 0 unspecified atom stereocenters. The highest BCUT2D eigenvalue weighted by atomic mass is 19.1. The molecule has 0 spiro atoms. The first kappa shape index (κ1) is 20.2. The Bertz CT molecular complexity index is 1300. The van der Waals surface area contributed by atoms with Gasteiger partial charge in [-0.3, -0.25) is 9.59 Å². The monoisotopic (exact) mass is 417 g/mol. The Hall–Kier alpha value is -4.07. The lowest BCUT2D eigenvalue weighted by Crippen LogP contribution is -2.22. The van der Waals surface area contributed by atoms with Crippen LogP contribution in [0.15, 0.2) is 54.9 Å². The molecule has 0 aliphatic carbocycles. The molecule has 0 bridgehead atoms. The van der Waals surface area contributed by atoms with E-state index in [-0.39, 0.29) is 17.3 Å². The average molecular weight is 417 g/mol. The second-order valence-corrected chi connectivity index (χ2v) is 7.40. The van der Waals surface area contributed by atoms with E-state index in [0.29, 0.717) is 28.2 Å². The van der Waals surface area contributed by atoms with Gasteiger partial charge < -0.3 is 16.0 Å². The number of amides is 1. The van der Waals surface area contributed by atoms with E-state index >= 15 is 0 Å². The number of Topliss-reactive ketones (excluding diaryl/α,β-unsaturated/α-hetero) is 1. The molecule has 156 valence electrons. The van der Waals surface area contributed by atoms with Crippen LogP contribution in [0.5, 0.6) is 0 Å². The van der Waals surface area contributed by atoms with Crippen molar-refractivity contribution in [2.24, 2.45) is 5.73 Å². The number of hydrogen-bond acceptors (Lipinski definition) is 5. The maximum absolute atomic E-state index is 13.3. The summed E-state index contributed by atoms with van der Waals surface area (Å²) in [6.45, 7) is 4.08. The summed E-state index contributed by atoms with van der Waals surface area (Å²) < 4.78 is 13.3. The molecule has 1 amide bonds. The number of aromatic amines is 1. The van der Waals surface area contributed by atoms with Crippen LogP contribution in [0.4, 0.5) is 15.9 Å². The lowest BCUT2D eigenvalue weighted by Gasteiger charge is -2.16. The number of H-pyrrole nitrogens is 1. The van der Waals surface area contributed by atoms with Crippen LogP contribution in [0.2, 0.25) is 0 Å². The van der Waals surface area contributed by atoms with Crippen molar-refractivity contribution in [3.63, 3.8) is 0 Å². The number of carbonyl (C=O) groups is 2. The third kappa shape index (κ3) is 3.87. The van der Waals surface area contributed by atoms with Crippen molar-refractivity contribution in [3.8, 4) is 11.3 Å². The van der Waals surface area contributed by atoms with Gasteiger partial charge in [-0.25, -0.2) is 14.4 Å². The van der Waals surface area contributed by atoms with Gasteiger partial charge in [0.05, 0.1) is 22.3 Å². The van der Waals surface area contributed by atoms with E-state index in [2.05, 4.69) is 15.3 Å². The van der Waals surface area contributed by atoms with E-state index in [1.807, 2.05) is 26.0 Å². The Balaban J connectivity index is 1.83. The molecule has 0 saturated carbocycles. The van der Waals surface area contributed by atoms with Crippen molar-refractivity contribution in [3.05, 3.63) is 71.8 Å². The molecule has 4 rings (SSSR count). The molecule has 0 aliphatic rings. The summed E-state index contributed by atoms with van der Waals surface area (Å²) >= 11 is 0. The standard InChI is InChI=1S/C23H20FN5O2/c1-12(2)15-7-8-17(13-3-5-14(24)6-4-13)28-22(15)29-18-9-10-26-23-19(18)16(11-27-23)20(30)21(25)31/h3-12H,1-2H3,(H2,25,31)(H2,26,27,28,29). The molecule has 4 aromatic rings. The third-order valence-electron chi connectivity index (χ3n) is 4.98. The molecular weight excluding hydrogens is 397 g/mol. The molecule has 0 atom stereocenters. The number of nitrogens with two attached hydrogens (primary N) is 1. The second kappa shape index (κ2) is 7.98. The number of aromatic nitrogens is 3. The topological polar surface area (TPSA) is 114 Å². The van der Waals surface area contributed by atoms with E-state index in [1.54, 1.807) is 24.4 Å². The van der Waals surface area contributed by atoms with Crippen LogP contribution < -0.4 is 11.1 Å². The maximum Gasteiger partial charge on any atom is 0.289 e. The molecule has 31 heavy (non-hydrogen) atoms. The minimum Gasteiger partial charge on any atom is -0.363 e. The minimum atomic E-state index is -1.05. The Labute approximate surface area is 177 Å². The van der Waals surface area contributed by atoms with Gasteiger partial charge >= 0.3 is 0 Å². The van der Waals surface area contributed by atoms with Crippen LogP contribution in [0.25, 0.3) is 22.3 Å². The van der Waals surface area contributed by atoms with Gasteiger partial charge in [0.25, 0.3) is 11.7 Å². The molecule has 7 nitrogen and oxygen atoms in total. The number of pyridine rings is 2. The Morgan fingerprint density at radius 2 is 1.84 bits per heavy atom. The average Bonchev–Trinajstić information content (AvgIpc) is 3.18. The first-order valence-corrected chi connectivity index (χ1v) is 9.69. The quantitative estimate of drug-likeness (QED) is 0.320. The van der Waals surface area contributed by atoms with Gasteiger partial charge in [0, 0.05) is 18.0 Å². The zero-order valence-electron chi connectivity index (χ0n) is 16.9. The van der Waals surface area contributed by atoms with Gasteiger partial charge in [-0.15, -0.1) is 0 Å². The number of benzene rings is 1. The molecule has 0 radical (unpaired) electrons. The van der Waals surface area contributed by atoms with Crippen LogP contribution in [0.1, 0.15) is 35.7 Å². The SMILES string of the molecule is CC(C)c1ccc(-c2ccc(F)cc2)nc1Nc1ccnc2[nH]cc(C(=O)C(N)=O)c12. The number of hydrogen-bond donors (Lipinski definition) is 3. The molecule has 3 aromatic heterocycles. The summed E-state index contributed by atoms with van der Waals surface area (Å²) in [6.07, 6.45) is 3.00. The number of anilines is 2. The Morgan fingerprint density at radius 1 is 1.10 bits per heavy atom. The van der Waals surface area contributed by atoms with Crippen LogP contribution in [-0.2, 0) is 4.79 Å². The van der Waals surface area contributed by atoms with Crippen molar-refractivity contribution in [2.75, 3.05) is 5.32 Å². The second-order valence-electron chi connectivity index (χ2n) is 7.40. The van der Waals surface area contributed by atoms with E-state index in [9.17, 15) is 14.0 Å². The summed E-state index contributed by atoms with van der Waals surface area (Å²) in [5.41, 5.74) is 8.72. The number of primary amides is 1. The largest absolute Gasteiger partial charge is 0.363 e. The molecule has 4 N–H and O–H groups in total. The zero-order chi connectivity index (χ0) is 22.1. The number of rotatable bonds is 6. The first-order chi connectivity index (χ1) is 14.8. The van der Waals surface area contributed by atoms with E-state index in [0.717, 1.165) is 11.1 Å². The van der Waals surface area contributed by atoms with E-state index in [1.165, 1.54) is 18.3 Å².